The minimum atomic E-state index is 0.0765. The second kappa shape index (κ2) is 6.70. The van der Waals surface area contributed by atoms with E-state index in [0.29, 0.717) is 0 Å². The summed E-state index contributed by atoms with van der Waals surface area (Å²) >= 11 is 0. The van der Waals surface area contributed by atoms with Crippen LogP contribution in [0.2, 0.25) is 0 Å². The Morgan fingerprint density at radius 3 is 2.63 bits per heavy atom. The first-order chi connectivity index (χ1) is 13.0. The van der Waals surface area contributed by atoms with E-state index >= 15 is 0 Å². The summed E-state index contributed by atoms with van der Waals surface area (Å²) in [6.07, 6.45) is 3.91. The van der Waals surface area contributed by atoms with Gasteiger partial charge in [-0.1, -0.05) is 6.58 Å². The van der Waals surface area contributed by atoms with Gasteiger partial charge in [0.05, 0.1) is 17.1 Å². The molecule has 1 aliphatic heterocycles. The number of rotatable bonds is 4. The first-order valence-electron chi connectivity index (χ1n) is 9.27. The van der Waals surface area contributed by atoms with E-state index in [1.54, 1.807) is 13.1 Å². The first kappa shape index (κ1) is 17.5. The summed E-state index contributed by atoms with van der Waals surface area (Å²) in [6.45, 7) is 11.8. The van der Waals surface area contributed by atoms with Gasteiger partial charge >= 0.3 is 0 Å². The van der Waals surface area contributed by atoms with Crippen molar-refractivity contribution in [3.63, 3.8) is 0 Å². The Balaban J connectivity index is 1.92. The standard InChI is InChI=1S/C21H25N5O/c1-14-19(16(3)27)12-18-11-17(20-5-6-23-24(20)4)13-26(18)21(14)15(2)25-9-7-22-8-10-25/h5-6,11-13,22H,2,7-10H2,1,3-4H3. The van der Waals surface area contributed by atoms with Gasteiger partial charge in [0.1, 0.15) is 0 Å². The maximum atomic E-state index is 12.3. The number of ketones is 1. The molecule has 3 aromatic heterocycles. The topological polar surface area (TPSA) is 54.6 Å². The highest BCUT2D eigenvalue weighted by Crippen LogP contribution is 2.30. The van der Waals surface area contributed by atoms with Gasteiger partial charge in [-0.25, -0.2) is 0 Å². The van der Waals surface area contributed by atoms with E-state index in [1.807, 2.05) is 30.8 Å². The van der Waals surface area contributed by atoms with Gasteiger partial charge < -0.3 is 14.6 Å². The number of nitrogens with one attached hydrogen (secondary N) is 1. The number of pyridine rings is 1. The Labute approximate surface area is 159 Å². The molecule has 0 saturated carbocycles. The predicted molar refractivity (Wildman–Crippen MR) is 108 cm³/mol. The normalized spacial score (nSPS) is 14.7. The third-order valence-corrected chi connectivity index (χ3v) is 5.41. The first-order valence-corrected chi connectivity index (χ1v) is 9.27. The predicted octanol–water partition coefficient (Wildman–Crippen LogP) is 2.73. The Morgan fingerprint density at radius 2 is 2.00 bits per heavy atom. The molecule has 6 nitrogen and oxygen atoms in total. The molecule has 4 heterocycles. The lowest BCUT2D eigenvalue weighted by Crippen LogP contribution is -2.42. The summed E-state index contributed by atoms with van der Waals surface area (Å²) in [5, 5.41) is 7.66. The quantitative estimate of drug-likeness (QED) is 0.724. The minimum Gasteiger partial charge on any atom is -0.368 e. The van der Waals surface area contributed by atoms with Crippen LogP contribution in [0.4, 0.5) is 0 Å². The lowest BCUT2D eigenvalue weighted by molar-refractivity contribution is 0.101. The van der Waals surface area contributed by atoms with Gasteiger partial charge in [0.25, 0.3) is 0 Å². The molecule has 4 rings (SSSR count). The molecule has 0 aromatic carbocycles. The highest BCUT2D eigenvalue weighted by molar-refractivity contribution is 5.98. The highest BCUT2D eigenvalue weighted by Gasteiger charge is 2.21. The molecule has 0 amide bonds. The van der Waals surface area contributed by atoms with Crippen LogP contribution in [0.15, 0.2) is 37.2 Å². The van der Waals surface area contributed by atoms with Crippen LogP contribution < -0.4 is 5.32 Å². The van der Waals surface area contributed by atoms with Crippen molar-refractivity contribution in [2.24, 2.45) is 7.05 Å². The van der Waals surface area contributed by atoms with Crippen LogP contribution in [0.25, 0.3) is 22.5 Å². The fourth-order valence-corrected chi connectivity index (χ4v) is 3.95. The summed E-state index contributed by atoms with van der Waals surface area (Å²) in [7, 11) is 1.94. The molecule has 0 unspecified atom stereocenters. The van der Waals surface area contributed by atoms with Crippen molar-refractivity contribution < 1.29 is 4.79 Å². The smallest absolute Gasteiger partial charge is 0.160 e. The molecule has 1 N–H and O–H groups in total. The van der Waals surface area contributed by atoms with E-state index in [1.165, 1.54) is 0 Å². The van der Waals surface area contributed by atoms with Crippen molar-refractivity contribution in [2.75, 3.05) is 26.2 Å². The molecular formula is C21H25N5O. The maximum Gasteiger partial charge on any atom is 0.160 e. The van der Waals surface area contributed by atoms with E-state index in [9.17, 15) is 4.79 Å². The summed E-state index contributed by atoms with van der Waals surface area (Å²) in [5.41, 5.74) is 6.81. The highest BCUT2D eigenvalue weighted by atomic mass is 16.1. The molecule has 140 valence electrons. The maximum absolute atomic E-state index is 12.3. The SMILES string of the molecule is C=C(c1c(C)c(C(C)=O)cc2cc(-c3ccnn3C)cn12)N1CCNCC1. The van der Waals surface area contributed by atoms with Gasteiger partial charge in [0.15, 0.2) is 5.78 Å². The summed E-state index contributed by atoms with van der Waals surface area (Å²) < 4.78 is 4.02. The number of hydrogen-bond acceptors (Lipinski definition) is 4. The molecule has 3 aromatic rings. The number of nitrogens with zero attached hydrogens (tertiary/aromatic N) is 4. The largest absolute Gasteiger partial charge is 0.368 e. The van der Waals surface area contributed by atoms with Crippen molar-refractivity contribution >= 4 is 17.0 Å². The lowest BCUT2D eigenvalue weighted by Gasteiger charge is -2.32. The Bertz CT molecular complexity index is 1040. The minimum absolute atomic E-state index is 0.0765. The third kappa shape index (κ3) is 2.96. The molecule has 0 atom stereocenters. The van der Waals surface area contributed by atoms with E-state index in [0.717, 1.165) is 65.5 Å². The number of aryl methyl sites for hydroxylation is 1. The van der Waals surface area contributed by atoms with Gasteiger partial charge in [-0.05, 0) is 37.6 Å². The molecule has 0 bridgehead atoms. The number of piperazine rings is 1. The van der Waals surface area contributed by atoms with Crippen LogP contribution in [0.5, 0.6) is 0 Å². The van der Waals surface area contributed by atoms with Crippen molar-refractivity contribution in [3.05, 3.63) is 54.0 Å². The number of carbonyl (C=O) groups excluding carboxylic acids is 1. The molecule has 6 heteroatoms. The van der Waals surface area contributed by atoms with Crippen molar-refractivity contribution in [2.45, 2.75) is 13.8 Å². The van der Waals surface area contributed by atoms with Gasteiger partial charge in [-0.3, -0.25) is 9.48 Å². The van der Waals surface area contributed by atoms with Crippen molar-refractivity contribution in [1.29, 1.82) is 0 Å². The number of fused-ring (bicyclic) bond motifs is 1. The van der Waals surface area contributed by atoms with Gasteiger partial charge in [-0.2, -0.15) is 5.10 Å². The van der Waals surface area contributed by atoms with Crippen LogP contribution in [0.1, 0.15) is 28.5 Å². The second-order valence-corrected chi connectivity index (χ2v) is 7.14. The molecule has 0 spiro atoms. The Hall–Kier alpha value is -2.86. The van der Waals surface area contributed by atoms with Crippen LogP contribution in [-0.4, -0.2) is 51.0 Å². The average molecular weight is 363 g/mol. The molecule has 1 fully saturated rings. The summed E-state index contributed by atoms with van der Waals surface area (Å²) in [4.78, 5) is 14.6. The lowest BCUT2D eigenvalue weighted by atomic mass is 10.0. The van der Waals surface area contributed by atoms with Crippen molar-refractivity contribution in [1.82, 2.24) is 24.4 Å². The average Bonchev–Trinajstić information content (AvgIpc) is 3.26. The number of aromatic nitrogens is 3. The fourth-order valence-electron chi connectivity index (χ4n) is 3.95. The number of Topliss-reactive ketones (excluding diaryl/α,β-unsaturated/α-hetero) is 1. The fraction of sp³-hybridized carbons (Fsp3) is 0.333. The van der Waals surface area contributed by atoms with Crippen LogP contribution in [-0.2, 0) is 7.05 Å². The molecule has 0 radical (unpaired) electrons. The molecule has 27 heavy (non-hydrogen) atoms. The summed E-state index contributed by atoms with van der Waals surface area (Å²) in [5.74, 6) is 0.0765. The van der Waals surface area contributed by atoms with E-state index in [4.69, 9.17) is 0 Å². The third-order valence-electron chi connectivity index (χ3n) is 5.41. The molecular weight excluding hydrogens is 338 g/mol. The van der Waals surface area contributed by atoms with Crippen LogP contribution >= 0.6 is 0 Å². The number of carbonyl (C=O) groups is 1. The monoisotopic (exact) mass is 363 g/mol. The van der Waals surface area contributed by atoms with Crippen LogP contribution in [0, 0.1) is 6.92 Å². The van der Waals surface area contributed by atoms with Gasteiger partial charge in [-0.15, -0.1) is 0 Å². The van der Waals surface area contributed by atoms with Crippen molar-refractivity contribution in [3.8, 4) is 11.3 Å². The molecule has 0 aliphatic carbocycles. The number of hydrogen-bond donors (Lipinski definition) is 1. The summed E-state index contributed by atoms with van der Waals surface area (Å²) in [6, 6.07) is 6.09. The zero-order valence-corrected chi connectivity index (χ0v) is 16.1. The zero-order valence-electron chi connectivity index (χ0n) is 16.1. The van der Waals surface area contributed by atoms with E-state index in [-0.39, 0.29) is 5.78 Å². The zero-order chi connectivity index (χ0) is 19.1. The molecule has 1 saturated heterocycles. The Morgan fingerprint density at radius 1 is 1.26 bits per heavy atom. The Kier molecular flexibility index (Phi) is 4.36. The van der Waals surface area contributed by atoms with E-state index in [2.05, 4.69) is 38.6 Å². The van der Waals surface area contributed by atoms with Gasteiger partial charge in [0, 0.05) is 62.3 Å². The van der Waals surface area contributed by atoms with Gasteiger partial charge in [0.2, 0.25) is 0 Å². The van der Waals surface area contributed by atoms with E-state index < -0.39 is 0 Å². The molecule has 1 aliphatic rings. The van der Waals surface area contributed by atoms with Crippen LogP contribution in [0.3, 0.4) is 0 Å². The second-order valence-electron chi connectivity index (χ2n) is 7.14.